The molecule has 1 amide bonds. The summed E-state index contributed by atoms with van der Waals surface area (Å²) in [5, 5.41) is 27.1. The van der Waals surface area contributed by atoms with E-state index in [1.54, 1.807) is 17.2 Å². The van der Waals surface area contributed by atoms with Gasteiger partial charge in [0.25, 0.3) is 0 Å². The van der Waals surface area contributed by atoms with Crippen LogP contribution in [0.4, 0.5) is 8.78 Å². The summed E-state index contributed by atoms with van der Waals surface area (Å²) in [7, 11) is 0. The van der Waals surface area contributed by atoms with Crippen LogP contribution in [0.25, 0.3) is 11.1 Å². The molecule has 7 N–H and O–H groups in total. The summed E-state index contributed by atoms with van der Waals surface area (Å²) >= 11 is 2.02. The van der Waals surface area contributed by atoms with Crippen molar-refractivity contribution in [2.24, 2.45) is 22.8 Å². The molecule has 0 radical (unpaired) electrons. The number of hydrogen-bond acceptors (Lipinski definition) is 15. The van der Waals surface area contributed by atoms with E-state index in [0.717, 1.165) is 47.3 Å². The molecule has 0 fully saturated rings. The fourth-order valence-electron chi connectivity index (χ4n) is 8.02. The Hall–Kier alpha value is -5.07. The fourth-order valence-corrected chi connectivity index (χ4v) is 10.2. The van der Waals surface area contributed by atoms with Crippen LogP contribution in [0.15, 0.2) is 60.8 Å². The van der Waals surface area contributed by atoms with Gasteiger partial charge in [-0.25, -0.2) is 8.78 Å². The smallest absolute Gasteiger partial charge is 0.321 e. The number of rotatable bonds is 42. The van der Waals surface area contributed by atoms with Crippen LogP contribution in [-0.4, -0.2) is 160 Å². The second kappa shape index (κ2) is 35.4. The van der Waals surface area contributed by atoms with Gasteiger partial charge in [-0.15, -0.1) is 11.8 Å². The zero-order valence-corrected chi connectivity index (χ0v) is 45.4. The van der Waals surface area contributed by atoms with E-state index in [4.69, 9.17) is 40.6 Å². The molecule has 0 bridgehead atoms. The lowest BCUT2D eigenvalue weighted by Gasteiger charge is -2.41. The number of amides is 1. The fraction of sp³-hybridized carbons (Fsp3) is 0.574. The Morgan fingerprint density at radius 1 is 0.724 bits per heavy atom. The standard InChI is InChI=1S/C54H76F2N4O14S2/c1-54(2,3)51(46-29-38(43-30-40(55)15-16-44(43)56)33-59(46)32-37-10-5-4-6-11-37)60(19-9-18-57)49(64)36-75-34-39(52(67)68)28-42(62)17-21-72-23-25-74-27-26-73-24-22-71-20-8-13-41(61)12-7-14-47(63)48(31-50(65)66)76-35-45(58)53(69)70/h4-6,10-11,15-16,29-30,33,39,45,48,51H,7-9,12-14,17-28,31-32,34-36,57-58H2,1-3H3,(H,65,66)(H,67,68)(H,69,70)/t39-,45-,48?,51-/m0/s1. The van der Waals surface area contributed by atoms with Gasteiger partial charge in [-0.2, -0.15) is 11.8 Å². The number of nitrogens with two attached hydrogens (primary N) is 2. The molecule has 18 nitrogen and oxygen atoms in total. The number of hydrogen-bond donors (Lipinski definition) is 5. The molecule has 22 heteroatoms. The molecule has 1 aromatic heterocycles. The summed E-state index contributed by atoms with van der Waals surface area (Å²) in [5.74, 6) is -6.93. The van der Waals surface area contributed by atoms with Crippen molar-refractivity contribution in [2.45, 2.75) is 102 Å². The number of Topliss-reactive ketones (excluding diaryl/α,β-unsaturated/α-hetero) is 3. The van der Waals surface area contributed by atoms with Crippen LogP contribution in [0.3, 0.4) is 0 Å². The van der Waals surface area contributed by atoms with Gasteiger partial charge in [-0.3, -0.25) is 33.6 Å². The Kier molecular flexibility index (Phi) is 30.3. The Morgan fingerprint density at radius 2 is 1.36 bits per heavy atom. The molecule has 0 aliphatic carbocycles. The van der Waals surface area contributed by atoms with E-state index in [1.807, 2.05) is 55.7 Å². The summed E-state index contributed by atoms with van der Waals surface area (Å²) in [5.41, 5.74) is 13.1. The first-order chi connectivity index (χ1) is 36.2. The molecule has 3 aromatic rings. The van der Waals surface area contributed by atoms with E-state index in [9.17, 15) is 43.1 Å². The molecule has 0 aliphatic rings. The molecule has 0 spiro atoms. The van der Waals surface area contributed by atoms with Crippen molar-refractivity contribution >= 4 is 64.7 Å². The third-order valence-electron chi connectivity index (χ3n) is 11.8. The number of nitrogens with zero attached hydrogens (tertiary/aromatic N) is 2. The second-order valence-corrected chi connectivity index (χ2v) is 21.5. The summed E-state index contributed by atoms with van der Waals surface area (Å²) < 4.78 is 53.6. The highest BCUT2D eigenvalue weighted by Gasteiger charge is 2.37. The molecule has 0 saturated carbocycles. The second-order valence-electron chi connectivity index (χ2n) is 19.2. The number of carbonyl (C=O) groups excluding carboxylic acids is 4. The predicted molar refractivity (Wildman–Crippen MR) is 286 cm³/mol. The third kappa shape index (κ3) is 24.9. The highest BCUT2D eigenvalue weighted by atomic mass is 32.2. The summed E-state index contributed by atoms with van der Waals surface area (Å²) in [6.45, 7) is 9.02. The molecule has 0 saturated heterocycles. The van der Waals surface area contributed by atoms with Crippen LogP contribution >= 0.6 is 23.5 Å². The van der Waals surface area contributed by atoms with Gasteiger partial charge in [0.2, 0.25) is 5.91 Å². The van der Waals surface area contributed by atoms with Crippen LogP contribution in [0, 0.1) is 23.0 Å². The highest BCUT2D eigenvalue weighted by Crippen LogP contribution is 2.41. The first kappa shape index (κ1) is 65.2. The average Bonchev–Trinajstić information content (AvgIpc) is 3.77. The Labute approximate surface area is 452 Å². The molecule has 1 unspecified atom stereocenters. The number of halogens is 2. The van der Waals surface area contributed by atoms with Gasteiger partial charge in [0.15, 0.2) is 0 Å². The highest BCUT2D eigenvalue weighted by molar-refractivity contribution is 8.00. The van der Waals surface area contributed by atoms with Crippen LogP contribution in [0.2, 0.25) is 0 Å². The van der Waals surface area contributed by atoms with Gasteiger partial charge in [0.1, 0.15) is 35.0 Å². The number of aliphatic carboxylic acids is 3. The predicted octanol–water partition coefficient (Wildman–Crippen LogP) is 6.67. The SMILES string of the molecule is CC(C)(C)[C@H](c1cc(-c2cc(F)ccc2F)cn1Cc1ccccc1)N(CCCN)C(=O)CSC[C@H](CC(=O)CCOCCOCCOCCOCCCC(=O)CCCC(=O)C(CC(=O)O)SC[C@H](N)C(=O)O)C(=O)O. The number of aromatic nitrogens is 1. The van der Waals surface area contributed by atoms with Crippen LogP contribution in [-0.2, 0) is 59.1 Å². The van der Waals surface area contributed by atoms with E-state index in [2.05, 4.69) is 0 Å². The zero-order valence-electron chi connectivity index (χ0n) is 43.8. The lowest BCUT2D eigenvalue weighted by Crippen LogP contribution is -2.44. The van der Waals surface area contributed by atoms with Gasteiger partial charge in [0, 0.05) is 86.3 Å². The van der Waals surface area contributed by atoms with E-state index >= 15 is 4.39 Å². The Morgan fingerprint density at radius 3 is 1.96 bits per heavy atom. The van der Waals surface area contributed by atoms with Crippen molar-refractivity contribution in [1.82, 2.24) is 9.47 Å². The molecule has 4 atom stereocenters. The molecule has 76 heavy (non-hydrogen) atoms. The first-order valence-corrected chi connectivity index (χ1v) is 27.6. The minimum atomic E-state index is -1.25. The van der Waals surface area contributed by atoms with Crippen LogP contribution < -0.4 is 11.5 Å². The van der Waals surface area contributed by atoms with E-state index in [0.29, 0.717) is 70.2 Å². The van der Waals surface area contributed by atoms with Crippen LogP contribution in [0.5, 0.6) is 0 Å². The molecule has 422 valence electrons. The van der Waals surface area contributed by atoms with Crippen molar-refractivity contribution in [3.8, 4) is 11.1 Å². The molecule has 2 aromatic carbocycles. The Bertz CT molecular complexity index is 2300. The lowest BCUT2D eigenvalue weighted by molar-refractivity contribution is -0.143. The molecular formula is C54H76F2N4O14S2. The number of carbonyl (C=O) groups is 7. The number of carboxylic acid groups (broad SMARTS) is 3. The first-order valence-electron chi connectivity index (χ1n) is 25.4. The number of ether oxygens (including phenoxy) is 4. The minimum absolute atomic E-state index is 0.000867. The van der Waals surface area contributed by atoms with Crippen LogP contribution in [0.1, 0.15) is 95.9 Å². The van der Waals surface area contributed by atoms with E-state index < -0.39 is 64.6 Å². The number of thioether (sulfide) groups is 2. The van der Waals surface area contributed by atoms with Gasteiger partial charge >= 0.3 is 17.9 Å². The van der Waals surface area contributed by atoms with Crippen molar-refractivity contribution in [3.05, 3.63) is 83.7 Å². The van der Waals surface area contributed by atoms with Crippen molar-refractivity contribution < 1.29 is 76.6 Å². The number of benzene rings is 2. The summed E-state index contributed by atoms with van der Waals surface area (Å²) in [6, 6.07) is 13.0. The molecular weight excluding hydrogens is 1030 g/mol. The maximum absolute atomic E-state index is 15.2. The minimum Gasteiger partial charge on any atom is -0.481 e. The quantitative estimate of drug-likeness (QED) is 0.0370. The average molecular weight is 1110 g/mol. The molecule has 3 rings (SSSR count). The topological polar surface area (TPSA) is 277 Å². The van der Waals surface area contributed by atoms with E-state index in [1.165, 1.54) is 0 Å². The normalized spacial score (nSPS) is 13.2. The van der Waals surface area contributed by atoms with Gasteiger partial charge < -0.3 is 55.2 Å². The number of carboxylic acids is 3. The van der Waals surface area contributed by atoms with Crippen molar-refractivity contribution in [3.63, 3.8) is 0 Å². The van der Waals surface area contributed by atoms with Gasteiger partial charge in [-0.1, -0.05) is 51.1 Å². The Balaban J connectivity index is 1.34. The third-order valence-corrected chi connectivity index (χ3v) is 14.3. The molecule has 1 heterocycles. The maximum atomic E-state index is 15.2. The van der Waals surface area contributed by atoms with Crippen molar-refractivity contribution in [2.75, 3.05) is 83.2 Å². The van der Waals surface area contributed by atoms with Gasteiger partial charge in [-0.05, 0) is 61.1 Å². The maximum Gasteiger partial charge on any atom is 0.321 e. The summed E-state index contributed by atoms with van der Waals surface area (Å²) in [4.78, 5) is 87.9. The largest absolute Gasteiger partial charge is 0.481 e. The number of ketones is 3. The van der Waals surface area contributed by atoms with E-state index in [-0.39, 0.29) is 111 Å². The summed E-state index contributed by atoms with van der Waals surface area (Å²) in [6.07, 6.45) is 2.70. The lowest BCUT2D eigenvalue weighted by atomic mass is 9.83. The van der Waals surface area contributed by atoms with Crippen molar-refractivity contribution in [1.29, 1.82) is 0 Å². The monoisotopic (exact) mass is 1110 g/mol. The molecule has 0 aliphatic heterocycles. The zero-order chi connectivity index (χ0) is 56.0. The van der Waals surface area contributed by atoms with Gasteiger partial charge in [0.05, 0.1) is 75.6 Å².